The molecule has 1 aromatic heterocycles. The molecule has 78 valence electrons. The number of aryl methyl sites for hydroxylation is 1. The number of rotatable bonds is 3. The molecule has 0 saturated carbocycles. The van der Waals surface area contributed by atoms with Crippen LogP contribution in [0.25, 0.3) is 0 Å². The summed E-state index contributed by atoms with van der Waals surface area (Å²) in [6.07, 6.45) is 1.62. The lowest BCUT2D eigenvalue weighted by molar-refractivity contribution is -0.149. The molecule has 0 amide bonds. The van der Waals surface area contributed by atoms with Crippen LogP contribution in [0.5, 0.6) is 0 Å². The molecule has 4 nitrogen and oxygen atoms in total. The van der Waals surface area contributed by atoms with Crippen molar-refractivity contribution in [3.05, 3.63) is 16.1 Å². The normalized spacial score (nSPS) is 14.9. The minimum Gasteiger partial charge on any atom is -0.464 e. The first kappa shape index (κ1) is 11.1. The van der Waals surface area contributed by atoms with Crippen LogP contribution in [0.3, 0.4) is 0 Å². The Morgan fingerprint density at radius 1 is 1.79 bits per heavy atom. The topological polar surface area (TPSA) is 65.2 Å². The molecular formula is C9H14N2O2S. The van der Waals surface area contributed by atoms with Crippen LogP contribution in [0.1, 0.15) is 23.7 Å². The molecule has 0 unspecified atom stereocenters. The van der Waals surface area contributed by atoms with Gasteiger partial charge in [0.25, 0.3) is 0 Å². The predicted molar refractivity (Wildman–Crippen MR) is 55.0 cm³/mol. The highest BCUT2D eigenvalue weighted by molar-refractivity contribution is 7.11. The average Bonchev–Trinajstić information content (AvgIpc) is 2.52. The van der Waals surface area contributed by atoms with Gasteiger partial charge in [-0.05, 0) is 20.8 Å². The molecule has 1 rings (SSSR count). The fourth-order valence-electron chi connectivity index (χ4n) is 0.983. The summed E-state index contributed by atoms with van der Waals surface area (Å²) < 4.78 is 4.89. The van der Waals surface area contributed by atoms with Crippen molar-refractivity contribution in [3.63, 3.8) is 0 Å². The third-order valence-corrected chi connectivity index (χ3v) is 2.98. The Hall–Kier alpha value is -0.940. The van der Waals surface area contributed by atoms with E-state index in [1.165, 1.54) is 11.3 Å². The van der Waals surface area contributed by atoms with E-state index < -0.39 is 11.5 Å². The Balaban J connectivity index is 2.89. The first-order chi connectivity index (χ1) is 6.48. The second kappa shape index (κ2) is 4.06. The van der Waals surface area contributed by atoms with Gasteiger partial charge in [0, 0.05) is 6.20 Å². The molecule has 5 heteroatoms. The summed E-state index contributed by atoms with van der Waals surface area (Å²) in [5.74, 6) is -0.413. The van der Waals surface area contributed by atoms with Gasteiger partial charge in [-0.25, -0.2) is 9.78 Å². The standard InChI is InChI=1S/C9H14N2O2S/c1-4-13-8(12)9(3,10)7-5-11-6(2)14-7/h5H,4,10H2,1-3H3/t9-/m1/s1. The van der Waals surface area contributed by atoms with Crippen LogP contribution < -0.4 is 5.73 Å². The minimum absolute atomic E-state index is 0.337. The number of nitrogens with two attached hydrogens (primary N) is 1. The predicted octanol–water partition coefficient (Wildman–Crippen LogP) is 1.19. The number of ether oxygens (including phenoxy) is 1. The zero-order chi connectivity index (χ0) is 10.8. The van der Waals surface area contributed by atoms with E-state index >= 15 is 0 Å². The first-order valence-electron chi connectivity index (χ1n) is 4.37. The number of nitrogens with zero attached hydrogens (tertiary/aromatic N) is 1. The molecule has 2 N–H and O–H groups in total. The molecule has 0 saturated heterocycles. The lowest BCUT2D eigenvalue weighted by atomic mass is 10.0. The fraction of sp³-hybridized carbons (Fsp3) is 0.556. The highest BCUT2D eigenvalue weighted by Crippen LogP contribution is 2.25. The summed E-state index contributed by atoms with van der Waals surface area (Å²) in [6.45, 7) is 5.60. The van der Waals surface area contributed by atoms with Crippen molar-refractivity contribution in [1.29, 1.82) is 0 Å². The van der Waals surface area contributed by atoms with E-state index in [0.29, 0.717) is 6.61 Å². The second-order valence-corrected chi connectivity index (χ2v) is 4.40. The van der Waals surface area contributed by atoms with Crippen LogP contribution >= 0.6 is 11.3 Å². The Kier molecular flexibility index (Phi) is 3.23. The maximum absolute atomic E-state index is 11.5. The van der Waals surface area contributed by atoms with E-state index in [9.17, 15) is 4.79 Å². The molecule has 1 aromatic rings. The summed E-state index contributed by atoms with van der Waals surface area (Å²) in [5.41, 5.74) is 4.80. The molecule has 0 aliphatic rings. The van der Waals surface area contributed by atoms with Gasteiger partial charge in [0.2, 0.25) is 0 Å². The molecular weight excluding hydrogens is 200 g/mol. The molecule has 1 atom stereocenters. The van der Waals surface area contributed by atoms with Gasteiger partial charge in [-0.1, -0.05) is 0 Å². The largest absolute Gasteiger partial charge is 0.464 e. The number of carbonyl (C=O) groups is 1. The van der Waals surface area contributed by atoms with Crippen LogP contribution in [0.15, 0.2) is 6.20 Å². The fourth-order valence-corrected chi connectivity index (χ4v) is 1.81. The van der Waals surface area contributed by atoms with Crippen LogP contribution in [0.2, 0.25) is 0 Å². The van der Waals surface area contributed by atoms with E-state index in [-0.39, 0.29) is 0 Å². The van der Waals surface area contributed by atoms with Gasteiger partial charge < -0.3 is 10.5 Å². The number of hydrogen-bond donors (Lipinski definition) is 1. The van der Waals surface area contributed by atoms with Gasteiger partial charge in [-0.15, -0.1) is 11.3 Å². The molecule has 0 aromatic carbocycles. The van der Waals surface area contributed by atoms with Gasteiger partial charge in [0.05, 0.1) is 16.5 Å². The Morgan fingerprint density at radius 3 is 2.86 bits per heavy atom. The summed E-state index contributed by atoms with van der Waals surface area (Å²) >= 11 is 1.41. The Labute approximate surface area is 87.1 Å². The monoisotopic (exact) mass is 214 g/mol. The van der Waals surface area contributed by atoms with Crippen LogP contribution in [0.4, 0.5) is 0 Å². The van der Waals surface area contributed by atoms with Crippen molar-refractivity contribution >= 4 is 17.3 Å². The van der Waals surface area contributed by atoms with Crippen LogP contribution in [0, 0.1) is 6.92 Å². The van der Waals surface area contributed by atoms with Crippen molar-refractivity contribution in [2.75, 3.05) is 6.61 Å². The number of esters is 1. The van der Waals surface area contributed by atoms with Gasteiger partial charge >= 0.3 is 5.97 Å². The van der Waals surface area contributed by atoms with E-state index in [2.05, 4.69) is 4.98 Å². The summed E-state index contributed by atoms with van der Waals surface area (Å²) in [7, 11) is 0. The average molecular weight is 214 g/mol. The van der Waals surface area contributed by atoms with Crippen molar-refractivity contribution in [3.8, 4) is 0 Å². The molecule has 0 spiro atoms. The van der Waals surface area contributed by atoms with E-state index in [4.69, 9.17) is 10.5 Å². The van der Waals surface area contributed by atoms with Crippen LogP contribution in [-0.4, -0.2) is 17.6 Å². The van der Waals surface area contributed by atoms with Crippen molar-refractivity contribution in [2.24, 2.45) is 5.73 Å². The molecule has 14 heavy (non-hydrogen) atoms. The zero-order valence-electron chi connectivity index (χ0n) is 8.53. The number of carbonyl (C=O) groups excluding carboxylic acids is 1. The third-order valence-electron chi connectivity index (χ3n) is 1.83. The molecule has 0 radical (unpaired) electrons. The van der Waals surface area contributed by atoms with Gasteiger partial charge in [0.15, 0.2) is 0 Å². The quantitative estimate of drug-likeness (QED) is 0.767. The Morgan fingerprint density at radius 2 is 2.43 bits per heavy atom. The van der Waals surface area contributed by atoms with E-state index in [1.807, 2.05) is 6.92 Å². The maximum Gasteiger partial charge on any atom is 0.331 e. The van der Waals surface area contributed by atoms with E-state index in [1.54, 1.807) is 20.0 Å². The number of thiazole rings is 1. The van der Waals surface area contributed by atoms with Crippen molar-refractivity contribution in [1.82, 2.24) is 4.98 Å². The molecule has 0 aliphatic heterocycles. The molecule has 0 fully saturated rings. The maximum atomic E-state index is 11.5. The van der Waals surface area contributed by atoms with Gasteiger partial charge in [0.1, 0.15) is 5.54 Å². The van der Waals surface area contributed by atoms with Gasteiger partial charge in [-0.3, -0.25) is 0 Å². The highest BCUT2D eigenvalue weighted by Gasteiger charge is 2.33. The Bertz CT molecular complexity index is 333. The number of hydrogen-bond acceptors (Lipinski definition) is 5. The molecule has 0 aliphatic carbocycles. The summed E-state index contributed by atoms with van der Waals surface area (Å²) in [4.78, 5) is 16.3. The second-order valence-electron chi connectivity index (χ2n) is 3.17. The van der Waals surface area contributed by atoms with Crippen LogP contribution in [-0.2, 0) is 15.1 Å². The lowest BCUT2D eigenvalue weighted by Crippen LogP contribution is -2.42. The van der Waals surface area contributed by atoms with Crippen molar-refractivity contribution in [2.45, 2.75) is 26.3 Å². The first-order valence-corrected chi connectivity index (χ1v) is 5.19. The lowest BCUT2D eigenvalue weighted by Gasteiger charge is -2.19. The van der Waals surface area contributed by atoms with Crippen molar-refractivity contribution < 1.29 is 9.53 Å². The summed E-state index contributed by atoms with van der Waals surface area (Å²) in [6, 6.07) is 0. The SMILES string of the molecule is CCOC(=O)[C@](C)(N)c1cnc(C)s1. The zero-order valence-corrected chi connectivity index (χ0v) is 9.35. The molecule has 1 heterocycles. The third kappa shape index (κ3) is 2.10. The highest BCUT2D eigenvalue weighted by atomic mass is 32.1. The molecule has 0 bridgehead atoms. The smallest absolute Gasteiger partial charge is 0.331 e. The van der Waals surface area contributed by atoms with Gasteiger partial charge in [-0.2, -0.15) is 0 Å². The minimum atomic E-state index is -1.08. The summed E-state index contributed by atoms with van der Waals surface area (Å²) in [5, 5.41) is 0.890. The number of aromatic nitrogens is 1. The van der Waals surface area contributed by atoms with E-state index in [0.717, 1.165) is 9.88 Å².